The van der Waals surface area contributed by atoms with E-state index >= 15 is 0 Å². The van der Waals surface area contributed by atoms with Crippen LogP contribution >= 0.6 is 15.9 Å². The van der Waals surface area contributed by atoms with Gasteiger partial charge in [0.1, 0.15) is 11.3 Å². The first-order valence-corrected chi connectivity index (χ1v) is 11.2. The number of carbonyl (C=O) groups is 2. The molecule has 0 spiro atoms. The molecule has 2 aromatic heterocycles. The second kappa shape index (κ2) is 9.79. The third-order valence-corrected chi connectivity index (χ3v) is 5.77. The molecule has 0 radical (unpaired) electrons. The van der Waals surface area contributed by atoms with Crippen LogP contribution in [0, 0.1) is 5.95 Å². The first-order chi connectivity index (χ1) is 15.5. The Bertz CT molecular complexity index is 1130. The summed E-state index contributed by atoms with van der Waals surface area (Å²) in [5, 5.41) is 0.582. The van der Waals surface area contributed by atoms with Crippen LogP contribution in [0.25, 0.3) is 11.0 Å². The zero-order valence-electron chi connectivity index (χ0n) is 17.5. The number of aromatic nitrogens is 1. The van der Waals surface area contributed by atoms with Gasteiger partial charge in [-0.15, -0.1) is 0 Å². The summed E-state index contributed by atoms with van der Waals surface area (Å²) in [5.74, 6) is -1.24. The van der Waals surface area contributed by atoms with Gasteiger partial charge in [-0.25, -0.2) is 9.78 Å². The van der Waals surface area contributed by atoms with E-state index in [-0.39, 0.29) is 30.6 Å². The minimum atomic E-state index is -0.694. The van der Waals surface area contributed by atoms with Gasteiger partial charge in [0.05, 0.1) is 12.7 Å². The predicted molar refractivity (Wildman–Crippen MR) is 120 cm³/mol. The molecule has 1 fully saturated rings. The third kappa shape index (κ3) is 4.68. The average molecular weight is 505 g/mol. The number of benzene rings is 1. The number of ether oxygens (including phenoxy) is 2. The zero-order chi connectivity index (χ0) is 22.7. The molecular formula is C23H22BrFN2O5. The van der Waals surface area contributed by atoms with Crippen molar-refractivity contribution in [2.24, 2.45) is 0 Å². The number of halogens is 2. The molecule has 1 atom stereocenters. The summed E-state index contributed by atoms with van der Waals surface area (Å²) < 4.78 is 31.0. The number of rotatable bonds is 7. The number of fused-ring (bicyclic) bond motifs is 1. The van der Waals surface area contributed by atoms with E-state index in [1.165, 1.54) is 11.0 Å². The van der Waals surface area contributed by atoms with E-state index < -0.39 is 17.8 Å². The topological polar surface area (TPSA) is 81.9 Å². The Morgan fingerprint density at radius 1 is 1.31 bits per heavy atom. The van der Waals surface area contributed by atoms with E-state index in [2.05, 4.69) is 20.9 Å². The minimum absolute atomic E-state index is 0.0353. The molecule has 7 nitrogen and oxygen atoms in total. The molecule has 1 aliphatic heterocycles. The lowest BCUT2D eigenvalue weighted by atomic mass is 10.1. The minimum Gasteiger partial charge on any atom is -0.450 e. The van der Waals surface area contributed by atoms with Crippen LogP contribution in [-0.2, 0) is 9.47 Å². The highest BCUT2D eigenvalue weighted by Crippen LogP contribution is 2.38. The SMILES string of the molecule is CCOC(=O)N(CCC1CCCO1)c1c(C(=O)c2ccc(F)nc2)oc2ccc(Br)cc12. The molecule has 168 valence electrons. The first kappa shape index (κ1) is 22.4. The molecule has 1 aromatic carbocycles. The second-order valence-corrected chi connectivity index (χ2v) is 8.31. The Kier molecular flexibility index (Phi) is 6.86. The Balaban J connectivity index is 1.80. The smallest absolute Gasteiger partial charge is 0.414 e. The highest BCUT2D eigenvalue weighted by molar-refractivity contribution is 9.10. The van der Waals surface area contributed by atoms with Crippen molar-refractivity contribution in [1.82, 2.24) is 4.98 Å². The van der Waals surface area contributed by atoms with Crippen LogP contribution < -0.4 is 4.90 Å². The fourth-order valence-corrected chi connectivity index (χ4v) is 4.12. The van der Waals surface area contributed by atoms with Crippen molar-refractivity contribution in [3.8, 4) is 0 Å². The van der Waals surface area contributed by atoms with Crippen molar-refractivity contribution in [1.29, 1.82) is 0 Å². The lowest BCUT2D eigenvalue weighted by molar-refractivity contribution is 0.101. The van der Waals surface area contributed by atoms with Gasteiger partial charge in [-0.2, -0.15) is 4.39 Å². The van der Waals surface area contributed by atoms with Crippen molar-refractivity contribution in [3.05, 3.63) is 58.3 Å². The zero-order valence-corrected chi connectivity index (χ0v) is 19.1. The number of amides is 1. The van der Waals surface area contributed by atoms with Gasteiger partial charge in [0.25, 0.3) is 0 Å². The number of anilines is 1. The Hall–Kier alpha value is -2.78. The monoisotopic (exact) mass is 504 g/mol. The van der Waals surface area contributed by atoms with Gasteiger partial charge >= 0.3 is 6.09 Å². The number of hydrogen-bond acceptors (Lipinski definition) is 6. The van der Waals surface area contributed by atoms with Crippen LogP contribution in [0.5, 0.6) is 0 Å². The standard InChI is InChI=1S/C23H22BrFN2O5/c1-2-30-23(29)27(10-9-16-4-3-11-31-16)20-17-12-15(24)6-7-18(17)32-22(20)21(28)14-5-8-19(25)26-13-14/h5-8,12-13,16H,2-4,9-11H2,1H3. The van der Waals surface area contributed by atoms with Crippen molar-refractivity contribution in [2.75, 3.05) is 24.7 Å². The number of pyridine rings is 1. The molecule has 1 saturated heterocycles. The van der Waals surface area contributed by atoms with E-state index in [1.807, 2.05) is 0 Å². The molecular weight excluding hydrogens is 483 g/mol. The van der Waals surface area contributed by atoms with Crippen LogP contribution in [0.3, 0.4) is 0 Å². The van der Waals surface area contributed by atoms with Gasteiger partial charge in [-0.05, 0) is 56.5 Å². The number of carbonyl (C=O) groups excluding carboxylic acids is 2. The van der Waals surface area contributed by atoms with Gasteiger partial charge in [0.15, 0.2) is 5.76 Å². The van der Waals surface area contributed by atoms with Crippen LogP contribution in [-0.4, -0.2) is 42.7 Å². The van der Waals surface area contributed by atoms with Gasteiger partial charge in [-0.3, -0.25) is 9.69 Å². The second-order valence-electron chi connectivity index (χ2n) is 7.39. The maximum absolute atomic E-state index is 13.3. The molecule has 32 heavy (non-hydrogen) atoms. The lowest BCUT2D eigenvalue weighted by Crippen LogP contribution is -2.35. The fourth-order valence-electron chi connectivity index (χ4n) is 3.76. The van der Waals surface area contributed by atoms with Gasteiger partial charge in [-0.1, -0.05) is 15.9 Å². The molecule has 0 bridgehead atoms. The first-order valence-electron chi connectivity index (χ1n) is 10.4. The highest BCUT2D eigenvalue weighted by Gasteiger charge is 2.31. The quantitative estimate of drug-likeness (QED) is 0.312. The molecule has 1 unspecified atom stereocenters. The van der Waals surface area contributed by atoms with E-state index in [0.29, 0.717) is 29.7 Å². The Labute approximate surface area is 192 Å². The summed E-state index contributed by atoms with van der Waals surface area (Å²) in [4.78, 5) is 31.3. The molecule has 0 saturated carbocycles. The van der Waals surface area contributed by atoms with Crippen molar-refractivity contribution < 1.29 is 27.9 Å². The summed E-state index contributed by atoms with van der Waals surface area (Å²) in [5.41, 5.74) is 0.897. The van der Waals surface area contributed by atoms with Crippen LogP contribution in [0.1, 0.15) is 42.3 Å². The van der Waals surface area contributed by atoms with Gasteiger partial charge in [0.2, 0.25) is 11.7 Å². The number of furan rings is 1. The molecule has 0 N–H and O–H groups in total. The van der Waals surface area contributed by atoms with E-state index in [9.17, 15) is 14.0 Å². The summed E-state index contributed by atoms with van der Waals surface area (Å²) in [6.07, 6.45) is 3.09. The number of hydrogen-bond donors (Lipinski definition) is 0. The largest absolute Gasteiger partial charge is 0.450 e. The van der Waals surface area contributed by atoms with Crippen molar-refractivity contribution >= 4 is 44.5 Å². The number of ketones is 1. The molecule has 3 heterocycles. The van der Waals surface area contributed by atoms with E-state index in [4.69, 9.17) is 13.9 Å². The third-order valence-electron chi connectivity index (χ3n) is 5.28. The van der Waals surface area contributed by atoms with Crippen LogP contribution in [0.2, 0.25) is 0 Å². The average Bonchev–Trinajstić information content (AvgIpc) is 3.42. The number of nitrogens with zero attached hydrogens (tertiary/aromatic N) is 2. The molecule has 3 aromatic rings. The van der Waals surface area contributed by atoms with Crippen LogP contribution in [0.4, 0.5) is 14.9 Å². The van der Waals surface area contributed by atoms with Crippen molar-refractivity contribution in [2.45, 2.75) is 32.3 Å². The normalized spacial score (nSPS) is 15.8. The van der Waals surface area contributed by atoms with Gasteiger partial charge < -0.3 is 13.9 Å². The molecule has 0 aliphatic carbocycles. The molecule has 4 rings (SSSR count). The summed E-state index contributed by atoms with van der Waals surface area (Å²) >= 11 is 3.44. The maximum atomic E-state index is 13.3. The lowest BCUT2D eigenvalue weighted by Gasteiger charge is -2.23. The fraction of sp³-hybridized carbons (Fsp3) is 0.348. The Morgan fingerprint density at radius 3 is 2.84 bits per heavy atom. The summed E-state index contributed by atoms with van der Waals surface area (Å²) in [6.45, 7) is 2.88. The molecule has 9 heteroatoms. The van der Waals surface area contributed by atoms with Crippen LogP contribution in [0.15, 0.2) is 45.4 Å². The predicted octanol–water partition coefficient (Wildman–Crippen LogP) is 5.49. The molecule has 1 aliphatic rings. The van der Waals surface area contributed by atoms with Crippen molar-refractivity contribution in [3.63, 3.8) is 0 Å². The highest BCUT2D eigenvalue weighted by atomic mass is 79.9. The van der Waals surface area contributed by atoms with E-state index in [1.54, 1.807) is 25.1 Å². The summed E-state index contributed by atoms with van der Waals surface area (Å²) in [6, 6.07) is 7.72. The van der Waals surface area contributed by atoms with Gasteiger partial charge in [0, 0.05) is 34.8 Å². The molecule has 1 amide bonds. The maximum Gasteiger partial charge on any atom is 0.414 e. The van der Waals surface area contributed by atoms with E-state index in [0.717, 1.165) is 29.6 Å². The summed E-state index contributed by atoms with van der Waals surface area (Å²) in [7, 11) is 0. The Morgan fingerprint density at radius 2 is 2.16 bits per heavy atom.